The van der Waals surface area contributed by atoms with Crippen LogP contribution in [-0.4, -0.2) is 0 Å². The number of nitrogens with one attached hydrogen (secondary N) is 1. The summed E-state index contributed by atoms with van der Waals surface area (Å²) in [6, 6.07) is 10.7. The van der Waals surface area contributed by atoms with Crippen LogP contribution in [0.3, 0.4) is 0 Å². The van der Waals surface area contributed by atoms with Crippen molar-refractivity contribution >= 4 is 37.5 Å². The minimum absolute atomic E-state index is 0.212. The van der Waals surface area contributed by atoms with E-state index in [1.54, 1.807) is 6.07 Å². The summed E-state index contributed by atoms with van der Waals surface area (Å²) >= 11 is 7.04. The molecule has 1 N–H and O–H groups in total. The third kappa shape index (κ3) is 3.33. The Kier molecular flexibility index (Phi) is 4.40. The monoisotopic (exact) mass is 371 g/mol. The van der Waals surface area contributed by atoms with Gasteiger partial charge in [0.15, 0.2) is 0 Å². The lowest BCUT2D eigenvalue weighted by atomic mass is 10.2. The second-order valence-corrected chi connectivity index (χ2v) is 5.80. The van der Waals surface area contributed by atoms with Crippen molar-refractivity contribution in [3.63, 3.8) is 0 Å². The fourth-order valence-electron chi connectivity index (χ4n) is 1.71. The zero-order valence-corrected chi connectivity index (χ0v) is 13.0. The molecule has 0 bridgehead atoms. The number of hydrogen-bond acceptors (Lipinski definition) is 1. The minimum Gasteiger partial charge on any atom is -0.379 e. The van der Waals surface area contributed by atoms with Crippen LogP contribution in [0.2, 0.25) is 0 Å². The highest BCUT2D eigenvalue weighted by Gasteiger charge is 2.06. The average Bonchev–Trinajstić information content (AvgIpc) is 2.27. The molecule has 0 aliphatic carbocycles. The van der Waals surface area contributed by atoms with Gasteiger partial charge in [-0.25, -0.2) is 4.39 Å². The predicted octanol–water partition coefficient (Wildman–Crippen LogP) is 5.27. The van der Waals surface area contributed by atoms with Gasteiger partial charge in [0.25, 0.3) is 0 Å². The lowest BCUT2D eigenvalue weighted by Gasteiger charge is -2.12. The van der Waals surface area contributed by atoms with Crippen LogP contribution in [0.4, 0.5) is 10.1 Å². The molecule has 0 amide bonds. The third-order valence-corrected chi connectivity index (χ3v) is 3.80. The number of rotatable bonds is 3. The average molecular weight is 373 g/mol. The molecule has 0 aliphatic rings. The molecule has 0 aliphatic heterocycles. The highest BCUT2D eigenvalue weighted by molar-refractivity contribution is 9.11. The Morgan fingerprint density at radius 3 is 2.39 bits per heavy atom. The smallest absolute Gasteiger partial charge is 0.123 e. The molecule has 0 radical (unpaired) electrons. The molecular weight excluding hydrogens is 361 g/mol. The number of anilines is 1. The van der Waals surface area contributed by atoms with Gasteiger partial charge in [-0.15, -0.1) is 0 Å². The number of benzene rings is 2. The Bertz CT molecular complexity index is 546. The van der Waals surface area contributed by atoms with Gasteiger partial charge < -0.3 is 5.32 Å². The maximum absolute atomic E-state index is 13.1. The Morgan fingerprint density at radius 2 is 1.78 bits per heavy atom. The molecule has 2 rings (SSSR count). The lowest BCUT2D eigenvalue weighted by molar-refractivity contribution is 0.626. The van der Waals surface area contributed by atoms with E-state index in [4.69, 9.17) is 0 Å². The fraction of sp³-hybridized carbons (Fsp3) is 0.143. The summed E-state index contributed by atoms with van der Waals surface area (Å²) in [5.41, 5.74) is 3.06. The van der Waals surface area contributed by atoms with Crippen molar-refractivity contribution in [3.8, 4) is 0 Å². The first-order chi connectivity index (χ1) is 8.56. The van der Waals surface area contributed by atoms with Crippen molar-refractivity contribution in [1.82, 2.24) is 0 Å². The molecular formula is C14H12Br2FN. The maximum atomic E-state index is 13.1. The van der Waals surface area contributed by atoms with Gasteiger partial charge in [-0.1, -0.05) is 12.1 Å². The molecule has 18 heavy (non-hydrogen) atoms. The Balaban J connectivity index is 2.16. The SMILES string of the molecule is Cc1cc(Br)c(NCc2cccc(F)c2)c(Br)c1. The first-order valence-corrected chi connectivity index (χ1v) is 7.09. The number of aryl methyl sites for hydroxylation is 1. The molecule has 0 spiro atoms. The van der Waals surface area contributed by atoms with E-state index in [1.165, 1.54) is 17.7 Å². The van der Waals surface area contributed by atoms with Gasteiger partial charge in [0.1, 0.15) is 5.82 Å². The lowest BCUT2D eigenvalue weighted by Crippen LogP contribution is -2.01. The molecule has 1 nitrogen and oxygen atoms in total. The number of hydrogen-bond donors (Lipinski definition) is 1. The second kappa shape index (κ2) is 5.85. The van der Waals surface area contributed by atoms with Gasteiger partial charge in [-0.3, -0.25) is 0 Å². The van der Waals surface area contributed by atoms with Crippen LogP contribution in [0.1, 0.15) is 11.1 Å². The fourth-order valence-corrected chi connectivity index (χ4v) is 3.40. The second-order valence-electron chi connectivity index (χ2n) is 4.09. The van der Waals surface area contributed by atoms with E-state index in [0.29, 0.717) is 6.54 Å². The highest BCUT2D eigenvalue weighted by Crippen LogP contribution is 2.32. The van der Waals surface area contributed by atoms with Crippen LogP contribution in [0.5, 0.6) is 0 Å². The molecule has 0 atom stereocenters. The van der Waals surface area contributed by atoms with Crippen molar-refractivity contribution in [1.29, 1.82) is 0 Å². The molecule has 94 valence electrons. The molecule has 0 unspecified atom stereocenters. The normalized spacial score (nSPS) is 10.4. The maximum Gasteiger partial charge on any atom is 0.123 e. The number of halogens is 3. The van der Waals surface area contributed by atoms with Gasteiger partial charge in [-0.2, -0.15) is 0 Å². The third-order valence-electron chi connectivity index (χ3n) is 2.54. The quantitative estimate of drug-likeness (QED) is 0.773. The van der Waals surface area contributed by atoms with Crippen LogP contribution in [-0.2, 0) is 6.54 Å². The van der Waals surface area contributed by atoms with E-state index in [1.807, 2.05) is 25.1 Å². The van der Waals surface area contributed by atoms with Crippen LogP contribution >= 0.6 is 31.9 Å². The summed E-state index contributed by atoms with van der Waals surface area (Å²) < 4.78 is 15.0. The van der Waals surface area contributed by atoms with E-state index >= 15 is 0 Å². The van der Waals surface area contributed by atoms with Crippen molar-refractivity contribution in [2.45, 2.75) is 13.5 Å². The first-order valence-electron chi connectivity index (χ1n) is 5.50. The van der Waals surface area contributed by atoms with Crippen LogP contribution in [0.25, 0.3) is 0 Å². The van der Waals surface area contributed by atoms with Gasteiger partial charge in [0.2, 0.25) is 0 Å². The standard InChI is InChI=1S/C14H12Br2FN/c1-9-5-12(15)14(13(16)6-9)18-8-10-3-2-4-11(17)7-10/h2-7,18H,8H2,1H3. The summed E-state index contributed by atoms with van der Waals surface area (Å²) in [6.45, 7) is 2.61. The van der Waals surface area contributed by atoms with E-state index in [0.717, 1.165) is 20.2 Å². The zero-order valence-electron chi connectivity index (χ0n) is 9.81. The van der Waals surface area contributed by atoms with Crippen LogP contribution in [0.15, 0.2) is 45.3 Å². The van der Waals surface area contributed by atoms with Crippen molar-refractivity contribution in [2.75, 3.05) is 5.32 Å². The van der Waals surface area contributed by atoms with Crippen LogP contribution < -0.4 is 5.32 Å². The summed E-state index contributed by atoms with van der Waals surface area (Å²) in [5.74, 6) is -0.212. The van der Waals surface area contributed by atoms with Crippen molar-refractivity contribution in [2.24, 2.45) is 0 Å². The molecule has 0 heterocycles. The Labute approximate surface area is 123 Å². The summed E-state index contributed by atoms with van der Waals surface area (Å²) in [7, 11) is 0. The van der Waals surface area contributed by atoms with Gasteiger partial charge in [-0.05, 0) is 74.2 Å². The van der Waals surface area contributed by atoms with Gasteiger partial charge in [0.05, 0.1) is 5.69 Å². The summed E-state index contributed by atoms with van der Waals surface area (Å²) in [4.78, 5) is 0. The Hall–Kier alpha value is -0.870. The van der Waals surface area contributed by atoms with Gasteiger partial charge in [0, 0.05) is 15.5 Å². The van der Waals surface area contributed by atoms with E-state index < -0.39 is 0 Å². The van der Waals surface area contributed by atoms with E-state index in [9.17, 15) is 4.39 Å². The Morgan fingerprint density at radius 1 is 1.11 bits per heavy atom. The molecule has 0 saturated carbocycles. The van der Waals surface area contributed by atoms with E-state index in [-0.39, 0.29) is 5.82 Å². The van der Waals surface area contributed by atoms with Crippen LogP contribution in [0, 0.1) is 12.7 Å². The van der Waals surface area contributed by atoms with E-state index in [2.05, 4.69) is 37.2 Å². The van der Waals surface area contributed by atoms with Crippen molar-refractivity contribution in [3.05, 3.63) is 62.3 Å². The molecule has 4 heteroatoms. The summed E-state index contributed by atoms with van der Waals surface area (Å²) in [5, 5.41) is 3.29. The zero-order chi connectivity index (χ0) is 13.1. The molecule has 0 aromatic heterocycles. The highest BCUT2D eigenvalue weighted by atomic mass is 79.9. The molecule has 0 fully saturated rings. The minimum atomic E-state index is -0.212. The molecule has 2 aromatic carbocycles. The summed E-state index contributed by atoms with van der Waals surface area (Å²) in [6.07, 6.45) is 0. The van der Waals surface area contributed by atoms with Gasteiger partial charge >= 0.3 is 0 Å². The van der Waals surface area contributed by atoms with Crippen molar-refractivity contribution < 1.29 is 4.39 Å². The topological polar surface area (TPSA) is 12.0 Å². The first kappa shape index (κ1) is 13.6. The predicted molar refractivity (Wildman–Crippen MR) is 80.3 cm³/mol. The molecule has 2 aromatic rings. The largest absolute Gasteiger partial charge is 0.379 e. The molecule has 0 saturated heterocycles.